The maximum Gasteiger partial charge on any atom is 0.306 e. The Bertz CT molecular complexity index is 448. The zero-order chi connectivity index (χ0) is 27.2. The van der Waals surface area contributed by atoms with E-state index in [9.17, 15) is 9.90 Å². The molecule has 37 heavy (non-hydrogen) atoms. The van der Waals surface area contributed by atoms with Crippen molar-refractivity contribution in [3.8, 4) is 0 Å². The van der Waals surface area contributed by atoms with Gasteiger partial charge < -0.3 is 20.3 Å². The number of rotatable bonds is 30. The summed E-state index contributed by atoms with van der Waals surface area (Å²) in [6, 6.07) is 0. The predicted octanol–water partition coefficient (Wildman–Crippen LogP) is 6.62. The second kappa shape index (κ2) is 29.9. The average Bonchev–Trinajstić information content (AvgIpc) is 2.89. The topological polar surface area (TPSA) is 82.0 Å². The zero-order valence-electron chi connectivity index (χ0n) is 24.8. The maximum atomic E-state index is 12.5. The average molecular weight is 529 g/mol. The lowest BCUT2D eigenvalue weighted by Gasteiger charge is -2.21. The third kappa shape index (κ3) is 26.7. The van der Waals surface area contributed by atoms with Crippen LogP contribution in [-0.4, -0.2) is 73.1 Å². The first kappa shape index (κ1) is 36.3. The molecule has 0 aromatic carbocycles. The SMILES string of the molecule is CCCCCCCCC(CCCCCCCC)OC(=O)CCCCCCCN(CCO)CCNCCO. The van der Waals surface area contributed by atoms with E-state index in [0.29, 0.717) is 19.5 Å². The van der Waals surface area contributed by atoms with Crippen LogP contribution in [0.25, 0.3) is 0 Å². The number of aliphatic hydroxyl groups is 2. The summed E-state index contributed by atoms with van der Waals surface area (Å²) in [5.41, 5.74) is 0. The van der Waals surface area contributed by atoms with Gasteiger partial charge in [-0.3, -0.25) is 9.69 Å². The molecule has 0 atom stereocenters. The normalized spacial score (nSPS) is 11.6. The highest BCUT2D eigenvalue weighted by Crippen LogP contribution is 2.18. The van der Waals surface area contributed by atoms with Crippen molar-refractivity contribution in [2.75, 3.05) is 45.9 Å². The van der Waals surface area contributed by atoms with Crippen molar-refractivity contribution >= 4 is 5.97 Å². The summed E-state index contributed by atoms with van der Waals surface area (Å²) in [5, 5.41) is 21.3. The lowest BCUT2D eigenvalue weighted by atomic mass is 10.0. The summed E-state index contributed by atoms with van der Waals surface area (Å²) in [4.78, 5) is 14.8. The fourth-order valence-corrected chi connectivity index (χ4v) is 4.86. The number of carbonyl (C=O) groups is 1. The van der Waals surface area contributed by atoms with Crippen LogP contribution >= 0.6 is 0 Å². The van der Waals surface area contributed by atoms with Gasteiger partial charge in [0, 0.05) is 32.6 Å². The third-order valence-corrected chi connectivity index (χ3v) is 7.22. The highest BCUT2D eigenvalue weighted by Gasteiger charge is 2.14. The Labute approximate surface area is 230 Å². The van der Waals surface area contributed by atoms with Crippen molar-refractivity contribution in [1.82, 2.24) is 10.2 Å². The van der Waals surface area contributed by atoms with E-state index in [1.165, 1.54) is 77.0 Å². The zero-order valence-corrected chi connectivity index (χ0v) is 24.8. The van der Waals surface area contributed by atoms with Gasteiger partial charge in [0.25, 0.3) is 0 Å². The molecular formula is C31H64N2O4. The highest BCUT2D eigenvalue weighted by molar-refractivity contribution is 5.69. The maximum absolute atomic E-state index is 12.5. The van der Waals surface area contributed by atoms with E-state index in [-0.39, 0.29) is 25.3 Å². The molecule has 0 spiro atoms. The van der Waals surface area contributed by atoms with Gasteiger partial charge in [0.2, 0.25) is 0 Å². The van der Waals surface area contributed by atoms with E-state index in [0.717, 1.165) is 64.6 Å². The van der Waals surface area contributed by atoms with Crippen molar-refractivity contribution in [3.63, 3.8) is 0 Å². The molecule has 0 aliphatic rings. The van der Waals surface area contributed by atoms with E-state index in [4.69, 9.17) is 9.84 Å². The molecule has 0 unspecified atom stereocenters. The van der Waals surface area contributed by atoms with E-state index in [2.05, 4.69) is 24.1 Å². The molecule has 6 nitrogen and oxygen atoms in total. The van der Waals surface area contributed by atoms with Crippen LogP contribution in [0.3, 0.4) is 0 Å². The standard InChI is InChI=1S/C31H64N2O4/c1-3-5-7-9-12-16-20-30(21-17-13-10-8-6-4-2)37-31(36)22-18-14-11-15-19-25-33(27-29-35)26-23-32-24-28-34/h30,32,34-35H,3-29H2,1-2H3. The van der Waals surface area contributed by atoms with Crippen LogP contribution in [-0.2, 0) is 9.53 Å². The highest BCUT2D eigenvalue weighted by atomic mass is 16.5. The van der Waals surface area contributed by atoms with Crippen LogP contribution in [0.5, 0.6) is 0 Å². The number of aliphatic hydroxyl groups excluding tert-OH is 2. The Balaban J connectivity index is 4.05. The van der Waals surface area contributed by atoms with Gasteiger partial charge in [0.15, 0.2) is 0 Å². The number of carbonyl (C=O) groups excluding carboxylic acids is 1. The minimum Gasteiger partial charge on any atom is -0.462 e. The fourth-order valence-electron chi connectivity index (χ4n) is 4.86. The molecule has 6 heteroatoms. The minimum absolute atomic E-state index is 0.00599. The largest absolute Gasteiger partial charge is 0.462 e. The quantitative estimate of drug-likeness (QED) is 0.0718. The third-order valence-electron chi connectivity index (χ3n) is 7.22. The first-order valence-electron chi connectivity index (χ1n) is 16.0. The van der Waals surface area contributed by atoms with Crippen molar-refractivity contribution in [2.45, 2.75) is 148 Å². The van der Waals surface area contributed by atoms with Crippen LogP contribution in [0.1, 0.15) is 142 Å². The summed E-state index contributed by atoms with van der Waals surface area (Å²) >= 11 is 0. The van der Waals surface area contributed by atoms with Gasteiger partial charge in [0.05, 0.1) is 13.2 Å². The molecule has 0 amide bonds. The molecule has 0 saturated carbocycles. The summed E-state index contributed by atoms with van der Waals surface area (Å²) < 4.78 is 5.96. The number of unbranched alkanes of at least 4 members (excludes halogenated alkanes) is 14. The van der Waals surface area contributed by atoms with Gasteiger partial charge in [-0.15, -0.1) is 0 Å². The molecule has 0 rings (SSSR count). The molecule has 3 N–H and O–H groups in total. The number of hydrogen-bond acceptors (Lipinski definition) is 6. The Hall–Kier alpha value is -0.690. The number of nitrogens with one attached hydrogen (secondary N) is 1. The number of esters is 1. The van der Waals surface area contributed by atoms with E-state index >= 15 is 0 Å². The molecular weight excluding hydrogens is 464 g/mol. The van der Waals surface area contributed by atoms with Crippen LogP contribution in [0.2, 0.25) is 0 Å². The van der Waals surface area contributed by atoms with Crippen LogP contribution in [0.4, 0.5) is 0 Å². The summed E-state index contributed by atoms with van der Waals surface area (Å²) in [5.74, 6) is 0.00599. The molecule has 0 bridgehead atoms. The Kier molecular flexibility index (Phi) is 29.3. The smallest absolute Gasteiger partial charge is 0.306 e. The van der Waals surface area contributed by atoms with Crippen molar-refractivity contribution in [1.29, 1.82) is 0 Å². The Morgan fingerprint density at radius 3 is 1.76 bits per heavy atom. The van der Waals surface area contributed by atoms with Crippen LogP contribution in [0.15, 0.2) is 0 Å². The van der Waals surface area contributed by atoms with Gasteiger partial charge in [-0.1, -0.05) is 97.3 Å². The molecule has 0 saturated heterocycles. The van der Waals surface area contributed by atoms with Gasteiger partial charge in [-0.25, -0.2) is 0 Å². The molecule has 0 aromatic heterocycles. The second-order valence-electron chi connectivity index (χ2n) is 10.8. The monoisotopic (exact) mass is 528 g/mol. The van der Waals surface area contributed by atoms with Crippen molar-refractivity contribution in [2.24, 2.45) is 0 Å². The second-order valence-corrected chi connectivity index (χ2v) is 10.8. The van der Waals surface area contributed by atoms with Crippen LogP contribution in [0, 0.1) is 0 Å². The summed E-state index contributed by atoms with van der Waals surface area (Å²) in [7, 11) is 0. The van der Waals surface area contributed by atoms with E-state index in [1.54, 1.807) is 0 Å². The van der Waals surface area contributed by atoms with Crippen LogP contribution < -0.4 is 5.32 Å². The van der Waals surface area contributed by atoms with Crippen molar-refractivity contribution < 1.29 is 19.7 Å². The fraction of sp³-hybridized carbons (Fsp3) is 0.968. The molecule has 222 valence electrons. The molecule has 0 aliphatic heterocycles. The first-order chi connectivity index (χ1) is 18.2. The molecule has 0 heterocycles. The Morgan fingerprint density at radius 2 is 1.19 bits per heavy atom. The van der Waals surface area contributed by atoms with Gasteiger partial charge in [-0.2, -0.15) is 0 Å². The molecule has 0 aliphatic carbocycles. The predicted molar refractivity (Wildman–Crippen MR) is 157 cm³/mol. The molecule has 0 aromatic rings. The number of hydrogen-bond donors (Lipinski definition) is 3. The lowest BCUT2D eigenvalue weighted by molar-refractivity contribution is -0.150. The van der Waals surface area contributed by atoms with Gasteiger partial charge >= 0.3 is 5.97 Å². The molecule has 0 fully saturated rings. The molecule has 0 radical (unpaired) electrons. The van der Waals surface area contributed by atoms with E-state index < -0.39 is 0 Å². The minimum atomic E-state index is 0.00599. The number of ether oxygens (including phenoxy) is 1. The lowest BCUT2D eigenvalue weighted by Crippen LogP contribution is -2.35. The Morgan fingerprint density at radius 1 is 0.649 bits per heavy atom. The van der Waals surface area contributed by atoms with Crippen molar-refractivity contribution in [3.05, 3.63) is 0 Å². The summed E-state index contributed by atoms with van der Waals surface area (Å²) in [6.07, 6.45) is 23.6. The first-order valence-corrected chi connectivity index (χ1v) is 16.0. The van der Waals surface area contributed by atoms with Gasteiger partial charge in [-0.05, 0) is 45.1 Å². The van der Waals surface area contributed by atoms with E-state index in [1.807, 2.05) is 0 Å². The number of nitrogens with zero attached hydrogens (tertiary/aromatic N) is 1. The summed E-state index contributed by atoms with van der Waals surface area (Å²) in [6.45, 7) is 8.89. The van der Waals surface area contributed by atoms with Gasteiger partial charge in [0.1, 0.15) is 6.10 Å².